The first-order chi connectivity index (χ1) is 7.37. The summed E-state index contributed by atoms with van der Waals surface area (Å²) in [6, 6.07) is 0. The molecule has 0 fully saturated rings. The molecular formula is C10H13NO4S. The van der Waals surface area contributed by atoms with Crippen molar-refractivity contribution in [2.24, 2.45) is 5.16 Å². The average molecular weight is 243 g/mol. The SMILES string of the molecule is CCS(=O)(=O)O/N=C1/C=CC(=O)C(C)=C1C. The minimum atomic E-state index is -3.60. The Bertz CT molecular complexity index is 497. The number of nitrogens with zero attached hydrogens (tertiary/aromatic N) is 1. The first-order valence-electron chi connectivity index (χ1n) is 4.77. The van der Waals surface area contributed by atoms with Crippen molar-refractivity contribution in [2.75, 3.05) is 5.75 Å². The van der Waals surface area contributed by atoms with Crippen LogP contribution in [0.25, 0.3) is 0 Å². The number of rotatable bonds is 3. The van der Waals surface area contributed by atoms with Crippen LogP contribution in [0.1, 0.15) is 20.8 Å². The zero-order chi connectivity index (χ0) is 12.3. The number of ketones is 1. The molecule has 0 N–H and O–H groups in total. The van der Waals surface area contributed by atoms with Gasteiger partial charge in [0.05, 0.1) is 5.75 Å². The van der Waals surface area contributed by atoms with Gasteiger partial charge in [-0.15, -0.1) is 0 Å². The summed E-state index contributed by atoms with van der Waals surface area (Å²) in [5.74, 6) is -0.247. The smallest absolute Gasteiger partial charge is 0.290 e. The molecule has 0 aromatic carbocycles. The molecule has 0 radical (unpaired) electrons. The van der Waals surface area contributed by atoms with E-state index in [0.717, 1.165) is 0 Å². The van der Waals surface area contributed by atoms with Gasteiger partial charge in [0.15, 0.2) is 5.78 Å². The molecule has 88 valence electrons. The van der Waals surface area contributed by atoms with E-state index in [9.17, 15) is 13.2 Å². The van der Waals surface area contributed by atoms with Gasteiger partial charge in [0.25, 0.3) is 0 Å². The standard InChI is InChI=1S/C10H13NO4S/c1-4-16(13,14)15-11-9-5-6-10(12)8(3)7(9)2/h5-6H,4H2,1-3H3/b11-9-. The van der Waals surface area contributed by atoms with Crippen LogP contribution in [0.3, 0.4) is 0 Å². The van der Waals surface area contributed by atoms with Crippen LogP contribution >= 0.6 is 0 Å². The molecule has 6 heteroatoms. The highest BCUT2D eigenvalue weighted by Gasteiger charge is 2.15. The summed E-state index contributed by atoms with van der Waals surface area (Å²) in [5, 5.41) is 3.52. The van der Waals surface area contributed by atoms with E-state index >= 15 is 0 Å². The Morgan fingerprint density at radius 2 is 1.88 bits per heavy atom. The molecule has 0 aliphatic heterocycles. The highest BCUT2D eigenvalue weighted by Crippen LogP contribution is 2.14. The van der Waals surface area contributed by atoms with Crippen molar-refractivity contribution in [3.63, 3.8) is 0 Å². The molecule has 0 amide bonds. The summed E-state index contributed by atoms with van der Waals surface area (Å²) in [6.45, 7) is 4.81. The maximum atomic E-state index is 11.2. The lowest BCUT2D eigenvalue weighted by atomic mass is 9.97. The van der Waals surface area contributed by atoms with Crippen LogP contribution < -0.4 is 0 Å². The van der Waals surface area contributed by atoms with Crippen LogP contribution in [-0.2, 0) is 19.2 Å². The van der Waals surface area contributed by atoms with Crippen molar-refractivity contribution in [3.8, 4) is 0 Å². The fourth-order valence-corrected chi connectivity index (χ4v) is 1.33. The predicted octanol–water partition coefficient (Wildman–Crippen LogP) is 1.18. The Balaban J connectivity index is 2.96. The molecule has 16 heavy (non-hydrogen) atoms. The first-order valence-corrected chi connectivity index (χ1v) is 6.34. The van der Waals surface area contributed by atoms with E-state index in [2.05, 4.69) is 9.44 Å². The quantitative estimate of drug-likeness (QED) is 0.551. The van der Waals surface area contributed by atoms with E-state index in [1.165, 1.54) is 19.1 Å². The lowest BCUT2D eigenvalue weighted by Gasteiger charge is -2.09. The third kappa shape index (κ3) is 2.79. The molecule has 0 aromatic heterocycles. The Labute approximate surface area is 94.6 Å². The van der Waals surface area contributed by atoms with Crippen LogP contribution in [0, 0.1) is 0 Å². The largest absolute Gasteiger partial charge is 0.328 e. The summed E-state index contributed by atoms with van der Waals surface area (Å²) in [7, 11) is -3.60. The number of hydrogen-bond donors (Lipinski definition) is 0. The fourth-order valence-electron chi connectivity index (χ4n) is 1.03. The van der Waals surface area contributed by atoms with Crippen molar-refractivity contribution in [1.29, 1.82) is 0 Å². The fraction of sp³-hybridized carbons (Fsp3) is 0.400. The number of carbonyl (C=O) groups is 1. The molecule has 0 atom stereocenters. The van der Waals surface area contributed by atoms with E-state index < -0.39 is 10.1 Å². The van der Waals surface area contributed by atoms with E-state index in [1.54, 1.807) is 13.8 Å². The molecule has 0 heterocycles. The minimum Gasteiger partial charge on any atom is -0.290 e. The average Bonchev–Trinajstić information content (AvgIpc) is 2.25. The summed E-state index contributed by atoms with van der Waals surface area (Å²) >= 11 is 0. The highest BCUT2D eigenvalue weighted by atomic mass is 32.2. The lowest BCUT2D eigenvalue weighted by molar-refractivity contribution is -0.111. The molecular weight excluding hydrogens is 230 g/mol. The van der Waals surface area contributed by atoms with Crippen LogP contribution in [0.5, 0.6) is 0 Å². The topological polar surface area (TPSA) is 72.8 Å². The van der Waals surface area contributed by atoms with E-state index in [0.29, 0.717) is 16.9 Å². The number of oxime groups is 1. The van der Waals surface area contributed by atoms with Gasteiger partial charge >= 0.3 is 10.1 Å². The number of allylic oxidation sites excluding steroid dienone is 4. The summed E-state index contributed by atoms with van der Waals surface area (Å²) in [6.07, 6.45) is 2.78. The number of carbonyl (C=O) groups excluding carboxylic acids is 1. The zero-order valence-corrected chi connectivity index (χ0v) is 10.2. The molecule has 1 rings (SSSR count). The molecule has 0 saturated carbocycles. The van der Waals surface area contributed by atoms with Crippen molar-refractivity contribution in [1.82, 2.24) is 0 Å². The third-order valence-corrected chi connectivity index (χ3v) is 3.32. The van der Waals surface area contributed by atoms with Gasteiger partial charge in [0, 0.05) is 5.57 Å². The van der Waals surface area contributed by atoms with E-state index in [-0.39, 0.29) is 11.5 Å². The van der Waals surface area contributed by atoms with Crippen molar-refractivity contribution >= 4 is 21.6 Å². The maximum absolute atomic E-state index is 11.2. The van der Waals surface area contributed by atoms with Crippen LogP contribution in [0.15, 0.2) is 28.5 Å². The van der Waals surface area contributed by atoms with Gasteiger partial charge in [-0.25, -0.2) is 0 Å². The monoisotopic (exact) mass is 243 g/mol. The Morgan fingerprint density at radius 1 is 1.25 bits per heavy atom. The second kappa shape index (κ2) is 4.61. The van der Waals surface area contributed by atoms with Gasteiger partial charge in [-0.3, -0.25) is 9.08 Å². The summed E-state index contributed by atoms with van der Waals surface area (Å²) in [4.78, 5) is 11.2. The molecule has 0 saturated heterocycles. The Hall–Kier alpha value is -1.43. The van der Waals surface area contributed by atoms with Crippen molar-refractivity contribution in [2.45, 2.75) is 20.8 Å². The van der Waals surface area contributed by atoms with Crippen LogP contribution in [0.2, 0.25) is 0 Å². The van der Waals surface area contributed by atoms with Gasteiger partial charge < -0.3 is 0 Å². The molecule has 0 bridgehead atoms. The molecule has 5 nitrogen and oxygen atoms in total. The third-order valence-electron chi connectivity index (χ3n) is 2.31. The van der Waals surface area contributed by atoms with Crippen LogP contribution in [0.4, 0.5) is 0 Å². The predicted molar refractivity (Wildman–Crippen MR) is 60.5 cm³/mol. The number of hydrogen-bond acceptors (Lipinski definition) is 5. The molecule has 1 aliphatic rings. The van der Waals surface area contributed by atoms with Crippen molar-refractivity contribution in [3.05, 3.63) is 23.3 Å². The highest BCUT2D eigenvalue weighted by molar-refractivity contribution is 7.86. The lowest BCUT2D eigenvalue weighted by Crippen LogP contribution is -2.13. The molecule has 1 aliphatic carbocycles. The Kier molecular flexibility index (Phi) is 3.64. The van der Waals surface area contributed by atoms with Gasteiger partial charge in [0.1, 0.15) is 5.71 Å². The summed E-state index contributed by atoms with van der Waals surface area (Å²) < 4.78 is 26.6. The molecule has 0 spiro atoms. The second-order valence-corrected chi connectivity index (χ2v) is 5.19. The normalized spacial score (nSPS) is 19.4. The van der Waals surface area contributed by atoms with Gasteiger partial charge in [-0.1, -0.05) is 5.16 Å². The zero-order valence-electron chi connectivity index (χ0n) is 9.35. The molecule has 0 unspecified atom stereocenters. The van der Waals surface area contributed by atoms with Gasteiger partial charge in [-0.05, 0) is 38.5 Å². The van der Waals surface area contributed by atoms with Crippen LogP contribution in [-0.4, -0.2) is 25.7 Å². The van der Waals surface area contributed by atoms with Gasteiger partial charge in [0.2, 0.25) is 0 Å². The van der Waals surface area contributed by atoms with Crippen molar-refractivity contribution < 1.29 is 17.5 Å². The first kappa shape index (κ1) is 12.6. The van der Waals surface area contributed by atoms with Gasteiger partial charge in [-0.2, -0.15) is 8.42 Å². The minimum absolute atomic E-state index is 0.102. The van der Waals surface area contributed by atoms with E-state index in [4.69, 9.17) is 0 Å². The summed E-state index contributed by atoms with van der Waals surface area (Å²) in [5.41, 5.74) is 1.52. The van der Waals surface area contributed by atoms with E-state index in [1.807, 2.05) is 0 Å². The molecule has 0 aromatic rings. The Morgan fingerprint density at radius 3 is 2.44 bits per heavy atom. The maximum Gasteiger partial charge on any atom is 0.328 e. The second-order valence-electron chi connectivity index (χ2n) is 3.34.